The van der Waals surface area contributed by atoms with E-state index in [1.807, 2.05) is 0 Å². The molecule has 0 amide bonds. The topological polar surface area (TPSA) is 12.4 Å². The second-order valence-corrected chi connectivity index (χ2v) is 4.32. The summed E-state index contributed by atoms with van der Waals surface area (Å²) in [5, 5.41) is 0. The van der Waals surface area contributed by atoms with E-state index < -0.39 is 0 Å². The monoisotopic (exact) mass is 201 g/mol. The molecule has 0 heterocycles. The average molecular weight is 201 g/mol. The molecule has 1 fully saturated rings. The molecule has 0 saturated heterocycles. The summed E-state index contributed by atoms with van der Waals surface area (Å²) in [4.78, 5) is 4.85. The lowest BCUT2D eigenvalue weighted by Gasteiger charge is -2.07. The lowest BCUT2D eigenvalue weighted by atomic mass is 10.1. The fourth-order valence-corrected chi connectivity index (χ4v) is 2.22. The normalized spacial score (nSPS) is 15.7. The minimum atomic E-state index is 1.08. The molecule has 0 atom stereocenters. The molecule has 1 aromatic rings. The highest BCUT2D eigenvalue weighted by molar-refractivity contribution is 5.89. The van der Waals surface area contributed by atoms with E-state index in [4.69, 9.17) is 4.99 Å². The maximum absolute atomic E-state index is 4.85. The molecule has 1 saturated carbocycles. The Hall–Kier alpha value is -1.11. The van der Waals surface area contributed by atoms with Crippen molar-refractivity contribution in [3.05, 3.63) is 29.3 Å². The van der Waals surface area contributed by atoms with Crippen LogP contribution in [0.5, 0.6) is 0 Å². The van der Waals surface area contributed by atoms with Crippen molar-refractivity contribution in [2.75, 3.05) is 0 Å². The van der Waals surface area contributed by atoms with Crippen molar-refractivity contribution in [2.45, 2.75) is 46.0 Å². The number of hydrogen-bond acceptors (Lipinski definition) is 1. The third-order valence-electron chi connectivity index (χ3n) is 3.15. The van der Waals surface area contributed by atoms with E-state index in [1.54, 1.807) is 0 Å². The fourth-order valence-electron chi connectivity index (χ4n) is 2.22. The van der Waals surface area contributed by atoms with Crippen molar-refractivity contribution in [3.63, 3.8) is 0 Å². The Balaban J connectivity index is 2.37. The average Bonchev–Trinajstić information content (AvgIpc) is 2.74. The third kappa shape index (κ3) is 2.28. The van der Waals surface area contributed by atoms with Crippen molar-refractivity contribution < 1.29 is 0 Å². The van der Waals surface area contributed by atoms with E-state index in [1.165, 1.54) is 48.2 Å². The molecule has 1 aromatic carbocycles. The molecular formula is C14H19N. The lowest BCUT2D eigenvalue weighted by molar-refractivity contribution is 0.886. The van der Waals surface area contributed by atoms with Crippen molar-refractivity contribution in [2.24, 2.45) is 4.99 Å². The van der Waals surface area contributed by atoms with E-state index in [0.717, 1.165) is 6.42 Å². The van der Waals surface area contributed by atoms with Gasteiger partial charge in [-0.05, 0) is 50.2 Å². The van der Waals surface area contributed by atoms with Gasteiger partial charge in [-0.2, -0.15) is 0 Å². The highest BCUT2D eigenvalue weighted by Crippen LogP contribution is 2.27. The molecule has 0 aliphatic heterocycles. The highest BCUT2D eigenvalue weighted by Gasteiger charge is 2.10. The molecule has 80 valence electrons. The van der Waals surface area contributed by atoms with Gasteiger partial charge in [-0.15, -0.1) is 0 Å². The molecule has 1 heteroatoms. The van der Waals surface area contributed by atoms with Crippen molar-refractivity contribution in [1.29, 1.82) is 0 Å². The van der Waals surface area contributed by atoms with E-state index in [9.17, 15) is 0 Å². The van der Waals surface area contributed by atoms with Gasteiger partial charge in [-0.25, -0.2) is 0 Å². The van der Waals surface area contributed by atoms with Crippen LogP contribution >= 0.6 is 0 Å². The first-order valence-corrected chi connectivity index (χ1v) is 5.96. The van der Waals surface area contributed by atoms with Crippen molar-refractivity contribution >= 4 is 11.4 Å². The number of benzene rings is 1. The molecule has 1 nitrogen and oxygen atoms in total. The van der Waals surface area contributed by atoms with Crippen LogP contribution in [0.2, 0.25) is 0 Å². The van der Waals surface area contributed by atoms with E-state index in [2.05, 4.69) is 32.0 Å². The van der Waals surface area contributed by atoms with Crippen LogP contribution in [0.1, 0.15) is 43.7 Å². The Bertz CT molecular complexity index is 369. The molecular weight excluding hydrogens is 182 g/mol. The molecule has 1 aliphatic carbocycles. The van der Waals surface area contributed by atoms with E-state index in [-0.39, 0.29) is 0 Å². The molecule has 0 unspecified atom stereocenters. The van der Waals surface area contributed by atoms with Gasteiger partial charge in [-0.3, -0.25) is 4.99 Å². The van der Waals surface area contributed by atoms with Gasteiger partial charge in [-0.1, -0.05) is 25.1 Å². The number of aliphatic imine (C=N–C) groups is 1. The van der Waals surface area contributed by atoms with E-state index >= 15 is 0 Å². The van der Waals surface area contributed by atoms with Gasteiger partial charge in [0.15, 0.2) is 0 Å². The first-order valence-electron chi connectivity index (χ1n) is 5.96. The lowest BCUT2D eigenvalue weighted by Crippen LogP contribution is -1.91. The van der Waals surface area contributed by atoms with Crippen LogP contribution in [-0.4, -0.2) is 5.71 Å². The zero-order chi connectivity index (χ0) is 10.7. The Morgan fingerprint density at radius 3 is 2.60 bits per heavy atom. The fraction of sp³-hybridized carbons (Fsp3) is 0.500. The minimum absolute atomic E-state index is 1.08. The van der Waals surface area contributed by atoms with Crippen LogP contribution < -0.4 is 0 Å². The number of rotatable bonds is 2. The number of aryl methyl sites for hydroxylation is 2. The van der Waals surface area contributed by atoms with Crippen molar-refractivity contribution in [3.8, 4) is 0 Å². The van der Waals surface area contributed by atoms with Gasteiger partial charge in [0, 0.05) is 5.71 Å². The molecule has 0 aromatic heterocycles. The number of para-hydroxylation sites is 1. The second-order valence-electron chi connectivity index (χ2n) is 4.32. The Labute approximate surface area is 92.2 Å². The summed E-state index contributed by atoms with van der Waals surface area (Å²) < 4.78 is 0. The maximum Gasteiger partial charge on any atom is 0.0690 e. The standard InChI is InChI=1S/C14H19N/c1-3-12-8-6-7-11(2)14(12)15-13-9-4-5-10-13/h6-8H,3-5,9-10H2,1-2H3. The quantitative estimate of drug-likeness (QED) is 0.680. The predicted octanol–water partition coefficient (Wildman–Crippen LogP) is 4.20. The van der Waals surface area contributed by atoms with Gasteiger partial charge in [0.2, 0.25) is 0 Å². The Kier molecular flexibility index (Phi) is 3.20. The summed E-state index contributed by atoms with van der Waals surface area (Å²) in [6.45, 7) is 4.36. The zero-order valence-corrected chi connectivity index (χ0v) is 9.71. The van der Waals surface area contributed by atoms with Crippen LogP contribution in [0.3, 0.4) is 0 Å². The molecule has 15 heavy (non-hydrogen) atoms. The van der Waals surface area contributed by atoms with Gasteiger partial charge in [0.1, 0.15) is 0 Å². The SMILES string of the molecule is CCc1cccc(C)c1N=C1CCCC1. The molecule has 0 bridgehead atoms. The summed E-state index contributed by atoms with van der Waals surface area (Å²) in [5.41, 5.74) is 5.33. The van der Waals surface area contributed by atoms with Crippen LogP contribution in [-0.2, 0) is 6.42 Å². The minimum Gasteiger partial charge on any atom is -0.257 e. The summed E-state index contributed by atoms with van der Waals surface area (Å²) in [5.74, 6) is 0. The smallest absolute Gasteiger partial charge is 0.0690 e. The van der Waals surface area contributed by atoms with Crippen LogP contribution in [0.4, 0.5) is 5.69 Å². The second kappa shape index (κ2) is 4.61. The molecule has 0 spiro atoms. The summed E-state index contributed by atoms with van der Waals surface area (Å²) >= 11 is 0. The largest absolute Gasteiger partial charge is 0.257 e. The van der Waals surface area contributed by atoms with E-state index in [0.29, 0.717) is 0 Å². The molecule has 2 rings (SSSR count). The predicted molar refractivity (Wildman–Crippen MR) is 66.1 cm³/mol. The Morgan fingerprint density at radius 1 is 1.20 bits per heavy atom. The maximum atomic E-state index is 4.85. The summed E-state index contributed by atoms with van der Waals surface area (Å²) in [7, 11) is 0. The van der Waals surface area contributed by atoms with Gasteiger partial charge in [0.25, 0.3) is 0 Å². The van der Waals surface area contributed by atoms with Gasteiger partial charge < -0.3 is 0 Å². The van der Waals surface area contributed by atoms with Crippen LogP contribution in [0.15, 0.2) is 23.2 Å². The van der Waals surface area contributed by atoms with Crippen LogP contribution in [0.25, 0.3) is 0 Å². The summed E-state index contributed by atoms with van der Waals surface area (Å²) in [6, 6.07) is 6.49. The van der Waals surface area contributed by atoms with Crippen molar-refractivity contribution in [1.82, 2.24) is 0 Å². The first kappa shape index (κ1) is 10.4. The number of nitrogens with zero attached hydrogens (tertiary/aromatic N) is 1. The molecule has 0 N–H and O–H groups in total. The zero-order valence-electron chi connectivity index (χ0n) is 9.71. The third-order valence-corrected chi connectivity index (χ3v) is 3.15. The Morgan fingerprint density at radius 2 is 1.93 bits per heavy atom. The van der Waals surface area contributed by atoms with Gasteiger partial charge >= 0.3 is 0 Å². The highest BCUT2D eigenvalue weighted by atomic mass is 14.8. The molecule has 1 aliphatic rings. The molecule has 0 radical (unpaired) electrons. The van der Waals surface area contributed by atoms with Crippen LogP contribution in [0, 0.1) is 6.92 Å². The summed E-state index contributed by atoms with van der Waals surface area (Å²) in [6.07, 6.45) is 6.14. The number of hydrogen-bond donors (Lipinski definition) is 0. The first-order chi connectivity index (χ1) is 7.31. The van der Waals surface area contributed by atoms with Gasteiger partial charge in [0.05, 0.1) is 5.69 Å².